The van der Waals surface area contributed by atoms with E-state index in [4.69, 9.17) is 16.3 Å². The van der Waals surface area contributed by atoms with Crippen molar-refractivity contribution in [3.05, 3.63) is 50.4 Å². The number of esters is 1. The number of halogens is 1. The Bertz CT molecular complexity index is 941. The minimum Gasteiger partial charge on any atom is -0.468 e. The van der Waals surface area contributed by atoms with Gasteiger partial charge in [-0.1, -0.05) is 35.1 Å². The van der Waals surface area contributed by atoms with Gasteiger partial charge >= 0.3 is 5.97 Å². The fraction of sp³-hybridized carbons (Fsp3) is 0.133. The molecule has 3 aromatic rings. The molecule has 0 saturated heterocycles. The summed E-state index contributed by atoms with van der Waals surface area (Å²) in [5, 5.41) is 2.31. The largest absolute Gasteiger partial charge is 0.468 e. The summed E-state index contributed by atoms with van der Waals surface area (Å²) in [4.78, 5) is 29.0. The van der Waals surface area contributed by atoms with Crippen LogP contribution >= 0.6 is 34.3 Å². The summed E-state index contributed by atoms with van der Waals surface area (Å²) < 4.78 is 7.18. The van der Waals surface area contributed by atoms with Crippen molar-refractivity contribution in [2.45, 2.75) is 6.54 Å². The Morgan fingerprint density at radius 2 is 2.13 bits per heavy atom. The molecule has 0 saturated carbocycles. The first-order valence-electron chi connectivity index (χ1n) is 6.57. The van der Waals surface area contributed by atoms with E-state index in [0.717, 1.165) is 4.70 Å². The van der Waals surface area contributed by atoms with Crippen molar-refractivity contribution in [2.75, 3.05) is 7.11 Å². The molecule has 5 nitrogen and oxygen atoms in total. The summed E-state index contributed by atoms with van der Waals surface area (Å²) in [5.41, 5.74) is 0.669. The number of ether oxygens (including phenoxy) is 1. The van der Waals surface area contributed by atoms with Crippen LogP contribution in [0, 0.1) is 0 Å². The summed E-state index contributed by atoms with van der Waals surface area (Å²) in [5.74, 6) is -0.782. The molecule has 23 heavy (non-hydrogen) atoms. The van der Waals surface area contributed by atoms with Gasteiger partial charge in [-0.15, -0.1) is 11.3 Å². The third-order valence-corrected chi connectivity index (χ3v) is 5.30. The number of amides is 1. The van der Waals surface area contributed by atoms with Crippen molar-refractivity contribution >= 4 is 56.4 Å². The maximum atomic E-state index is 12.2. The number of thiophene rings is 1. The number of aromatic nitrogens is 1. The van der Waals surface area contributed by atoms with Crippen LogP contribution in [0.4, 0.5) is 0 Å². The Hall–Kier alpha value is -1.96. The SMILES string of the molecule is COC(=O)Cn1c(=NC(=O)c2cccs2)sc2cccc(Cl)c21. The number of thiazole rings is 1. The van der Waals surface area contributed by atoms with Crippen LogP contribution in [0.2, 0.25) is 5.02 Å². The van der Waals surface area contributed by atoms with E-state index < -0.39 is 5.97 Å². The second kappa shape index (κ2) is 6.66. The minimum atomic E-state index is -0.436. The molecule has 0 fully saturated rings. The van der Waals surface area contributed by atoms with Gasteiger partial charge in [0, 0.05) is 0 Å². The third kappa shape index (κ3) is 3.21. The van der Waals surface area contributed by atoms with Crippen LogP contribution in [0.3, 0.4) is 0 Å². The highest BCUT2D eigenvalue weighted by molar-refractivity contribution is 7.16. The van der Waals surface area contributed by atoms with Gasteiger partial charge in [0.05, 0.1) is 27.2 Å². The van der Waals surface area contributed by atoms with Crippen LogP contribution in [-0.2, 0) is 16.1 Å². The van der Waals surface area contributed by atoms with Crippen LogP contribution in [0.25, 0.3) is 10.2 Å². The van der Waals surface area contributed by atoms with E-state index in [2.05, 4.69) is 4.99 Å². The topological polar surface area (TPSA) is 60.7 Å². The van der Waals surface area contributed by atoms with Gasteiger partial charge in [0.2, 0.25) is 0 Å². The van der Waals surface area contributed by atoms with Gasteiger partial charge in [-0.25, -0.2) is 0 Å². The minimum absolute atomic E-state index is 0.0587. The predicted octanol–water partition coefficient (Wildman–Crippen LogP) is 3.33. The van der Waals surface area contributed by atoms with Gasteiger partial charge in [-0.3, -0.25) is 9.59 Å². The number of nitrogens with zero attached hydrogens (tertiary/aromatic N) is 2. The first kappa shape index (κ1) is 15.9. The molecule has 1 amide bonds. The molecule has 0 radical (unpaired) electrons. The summed E-state index contributed by atoms with van der Waals surface area (Å²) in [6, 6.07) is 8.91. The smallest absolute Gasteiger partial charge is 0.325 e. The monoisotopic (exact) mass is 366 g/mol. The molecule has 0 spiro atoms. The molecule has 3 rings (SSSR count). The normalized spacial score (nSPS) is 11.8. The maximum Gasteiger partial charge on any atom is 0.325 e. The second-order valence-corrected chi connectivity index (χ2v) is 6.89. The first-order valence-corrected chi connectivity index (χ1v) is 8.65. The molecule has 0 aliphatic carbocycles. The Labute approximate surface area is 144 Å². The average molecular weight is 367 g/mol. The number of rotatable bonds is 3. The highest BCUT2D eigenvalue weighted by atomic mass is 35.5. The number of para-hydroxylation sites is 1. The molecule has 0 unspecified atom stereocenters. The van der Waals surface area contributed by atoms with Gasteiger partial charge in [-0.05, 0) is 23.6 Å². The van der Waals surface area contributed by atoms with Gasteiger partial charge in [-0.2, -0.15) is 4.99 Å². The van der Waals surface area contributed by atoms with Crippen molar-refractivity contribution in [2.24, 2.45) is 4.99 Å². The molecule has 0 aliphatic heterocycles. The van der Waals surface area contributed by atoms with Crippen molar-refractivity contribution < 1.29 is 14.3 Å². The van der Waals surface area contributed by atoms with Gasteiger partial charge in [0.1, 0.15) is 6.54 Å². The highest BCUT2D eigenvalue weighted by Crippen LogP contribution is 2.25. The van der Waals surface area contributed by atoms with E-state index in [1.165, 1.54) is 29.8 Å². The third-order valence-electron chi connectivity index (χ3n) is 3.10. The number of methoxy groups -OCH3 is 1. The molecule has 0 atom stereocenters. The zero-order valence-corrected chi connectivity index (χ0v) is 14.4. The fourth-order valence-corrected chi connectivity index (χ4v) is 4.05. The molecular weight excluding hydrogens is 356 g/mol. The van der Waals surface area contributed by atoms with E-state index in [9.17, 15) is 9.59 Å². The van der Waals surface area contributed by atoms with Crippen LogP contribution in [0.15, 0.2) is 40.7 Å². The summed E-state index contributed by atoms with van der Waals surface area (Å²) >= 11 is 8.87. The van der Waals surface area contributed by atoms with Crippen molar-refractivity contribution in [1.29, 1.82) is 0 Å². The maximum absolute atomic E-state index is 12.2. The fourth-order valence-electron chi connectivity index (χ4n) is 2.05. The summed E-state index contributed by atoms with van der Waals surface area (Å²) in [7, 11) is 1.31. The standard InChI is InChI=1S/C15H11ClN2O3S2/c1-21-12(19)8-18-13-9(16)4-2-5-10(13)23-15(18)17-14(20)11-6-3-7-22-11/h2-7H,8H2,1H3. The molecule has 1 aromatic carbocycles. The highest BCUT2D eigenvalue weighted by Gasteiger charge is 2.14. The molecule has 118 valence electrons. The predicted molar refractivity (Wildman–Crippen MR) is 91.1 cm³/mol. The van der Waals surface area contributed by atoms with E-state index in [0.29, 0.717) is 20.2 Å². The van der Waals surface area contributed by atoms with Crippen molar-refractivity contribution in [1.82, 2.24) is 4.57 Å². The van der Waals surface area contributed by atoms with E-state index in [-0.39, 0.29) is 12.5 Å². The molecule has 8 heteroatoms. The summed E-state index contributed by atoms with van der Waals surface area (Å²) in [6.07, 6.45) is 0. The first-order chi connectivity index (χ1) is 11.1. The zero-order chi connectivity index (χ0) is 16.4. The van der Waals surface area contributed by atoms with Gasteiger partial charge in [0.15, 0.2) is 4.80 Å². The lowest BCUT2D eigenvalue weighted by atomic mass is 10.3. The Balaban J connectivity index is 2.19. The van der Waals surface area contributed by atoms with Gasteiger partial charge in [0.25, 0.3) is 5.91 Å². The van der Waals surface area contributed by atoms with Gasteiger partial charge < -0.3 is 9.30 Å². The molecule has 0 N–H and O–H groups in total. The number of hydrogen-bond donors (Lipinski definition) is 0. The Morgan fingerprint density at radius 1 is 1.30 bits per heavy atom. The average Bonchev–Trinajstić information content (AvgIpc) is 3.16. The quantitative estimate of drug-likeness (QED) is 0.668. The Kier molecular flexibility index (Phi) is 4.61. The molecule has 0 bridgehead atoms. The number of benzene rings is 1. The number of carbonyl (C=O) groups is 2. The number of fused-ring (bicyclic) bond motifs is 1. The second-order valence-electron chi connectivity index (χ2n) is 4.53. The molecular formula is C15H11ClN2O3S2. The van der Waals surface area contributed by atoms with Crippen molar-refractivity contribution in [3.63, 3.8) is 0 Å². The summed E-state index contributed by atoms with van der Waals surface area (Å²) in [6.45, 7) is -0.0587. The lowest BCUT2D eigenvalue weighted by Crippen LogP contribution is -2.22. The van der Waals surface area contributed by atoms with Crippen LogP contribution in [0.1, 0.15) is 9.67 Å². The lowest BCUT2D eigenvalue weighted by molar-refractivity contribution is -0.141. The Morgan fingerprint density at radius 3 is 2.83 bits per heavy atom. The molecule has 2 heterocycles. The van der Waals surface area contributed by atoms with Crippen LogP contribution in [-0.4, -0.2) is 23.6 Å². The lowest BCUT2D eigenvalue weighted by Gasteiger charge is -2.04. The van der Waals surface area contributed by atoms with E-state index >= 15 is 0 Å². The number of hydrogen-bond acceptors (Lipinski definition) is 5. The zero-order valence-electron chi connectivity index (χ0n) is 12.0. The van der Waals surface area contributed by atoms with Crippen LogP contribution < -0.4 is 4.80 Å². The van der Waals surface area contributed by atoms with E-state index in [1.807, 2.05) is 17.5 Å². The molecule has 2 aromatic heterocycles. The van der Waals surface area contributed by atoms with E-state index in [1.54, 1.807) is 22.8 Å². The van der Waals surface area contributed by atoms with Crippen molar-refractivity contribution in [3.8, 4) is 0 Å². The number of carbonyl (C=O) groups excluding carboxylic acids is 2. The van der Waals surface area contributed by atoms with Crippen LogP contribution in [0.5, 0.6) is 0 Å². The molecule has 0 aliphatic rings.